The molecule has 0 unspecified atom stereocenters. The van der Waals surface area contributed by atoms with Crippen molar-refractivity contribution in [2.24, 2.45) is 23.7 Å². The number of hydrogen-bond acceptors (Lipinski definition) is 5. The largest absolute Gasteiger partial charge is 0.426 e. The summed E-state index contributed by atoms with van der Waals surface area (Å²) in [5, 5.41) is 11.8. The summed E-state index contributed by atoms with van der Waals surface area (Å²) in [6.07, 6.45) is 8.25. The lowest BCUT2D eigenvalue weighted by Gasteiger charge is -2.37. The second-order valence-electron chi connectivity index (χ2n) is 7.83. The Bertz CT molecular complexity index is 723. The summed E-state index contributed by atoms with van der Waals surface area (Å²) < 4.78 is 5.60. The van der Waals surface area contributed by atoms with Gasteiger partial charge >= 0.3 is 0 Å². The van der Waals surface area contributed by atoms with E-state index < -0.39 is 0 Å². The normalized spacial score (nSPS) is 23.3. The smallest absolute Gasteiger partial charge is 0.217 e. The predicted molar refractivity (Wildman–Crippen MR) is 102 cm³/mol. The van der Waals surface area contributed by atoms with E-state index in [0.29, 0.717) is 29.6 Å². The summed E-state index contributed by atoms with van der Waals surface area (Å²) in [5.74, 6) is 3.78. The predicted octanol–water partition coefficient (Wildman–Crippen LogP) is 3.96. The van der Waals surface area contributed by atoms with Crippen LogP contribution in [-0.4, -0.2) is 21.7 Å². The number of pyridine rings is 1. The summed E-state index contributed by atoms with van der Waals surface area (Å²) in [6.45, 7) is 10.6. The van der Waals surface area contributed by atoms with Gasteiger partial charge in [-0.15, -0.1) is 10.2 Å². The average molecular weight is 354 g/mol. The van der Waals surface area contributed by atoms with E-state index in [9.17, 15) is 0 Å². The number of rotatable bonds is 7. The minimum Gasteiger partial charge on any atom is -0.426 e. The van der Waals surface area contributed by atoms with Crippen molar-refractivity contribution in [1.29, 1.82) is 0 Å². The molecular formula is C21H30N4O. The lowest BCUT2D eigenvalue weighted by molar-refractivity contribution is 0.218. The molecule has 2 heterocycles. The van der Waals surface area contributed by atoms with E-state index in [1.807, 2.05) is 25.4 Å². The second-order valence-corrected chi connectivity index (χ2v) is 7.83. The van der Waals surface area contributed by atoms with Crippen molar-refractivity contribution in [3.05, 3.63) is 53.5 Å². The van der Waals surface area contributed by atoms with Gasteiger partial charge in [-0.25, -0.2) is 0 Å². The van der Waals surface area contributed by atoms with Crippen molar-refractivity contribution in [3.63, 3.8) is 0 Å². The molecule has 0 saturated heterocycles. The molecule has 3 atom stereocenters. The zero-order valence-corrected chi connectivity index (χ0v) is 16.3. The first-order valence-corrected chi connectivity index (χ1v) is 9.60. The first-order chi connectivity index (χ1) is 12.5. The van der Waals surface area contributed by atoms with Gasteiger partial charge in [-0.2, -0.15) is 0 Å². The summed E-state index contributed by atoms with van der Waals surface area (Å²) >= 11 is 0. The Kier molecular flexibility index (Phi) is 6.20. The van der Waals surface area contributed by atoms with E-state index in [1.54, 1.807) is 0 Å². The molecule has 0 aromatic carbocycles. The van der Waals surface area contributed by atoms with Gasteiger partial charge in [-0.05, 0) is 48.6 Å². The van der Waals surface area contributed by atoms with Crippen molar-refractivity contribution >= 4 is 0 Å². The van der Waals surface area contributed by atoms with Crippen molar-refractivity contribution in [1.82, 2.24) is 20.5 Å². The minimum absolute atomic E-state index is 0.497. The van der Waals surface area contributed by atoms with Crippen molar-refractivity contribution in [3.8, 4) is 0 Å². The fraction of sp³-hybridized carbons (Fsp3) is 0.571. The molecule has 5 heteroatoms. The molecule has 0 spiro atoms. The number of aryl methyl sites for hydroxylation is 1. The van der Waals surface area contributed by atoms with Gasteiger partial charge in [-0.3, -0.25) is 4.98 Å². The Morgan fingerprint density at radius 2 is 2.12 bits per heavy atom. The summed E-state index contributed by atoms with van der Waals surface area (Å²) in [6, 6.07) is 4.10. The molecule has 26 heavy (non-hydrogen) atoms. The molecule has 3 rings (SSSR count). The van der Waals surface area contributed by atoms with Crippen LogP contribution < -0.4 is 5.32 Å². The Labute approximate surface area is 156 Å². The van der Waals surface area contributed by atoms with Gasteiger partial charge in [0, 0.05) is 38.8 Å². The quantitative estimate of drug-likeness (QED) is 0.763. The van der Waals surface area contributed by atoms with Crippen LogP contribution in [-0.2, 0) is 13.0 Å². The maximum absolute atomic E-state index is 5.60. The molecule has 2 aromatic heterocycles. The Morgan fingerprint density at radius 3 is 2.77 bits per heavy atom. The van der Waals surface area contributed by atoms with E-state index in [-0.39, 0.29) is 0 Å². The summed E-state index contributed by atoms with van der Waals surface area (Å²) in [5.41, 5.74) is 2.68. The summed E-state index contributed by atoms with van der Waals surface area (Å²) in [7, 11) is 0. The van der Waals surface area contributed by atoms with Gasteiger partial charge in [-0.1, -0.05) is 31.6 Å². The van der Waals surface area contributed by atoms with Crippen molar-refractivity contribution in [2.75, 3.05) is 6.54 Å². The Morgan fingerprint density at radius 1 is 1.27 bits per heavy atom. The number of nitrogens with one attached hydrogen (secondary N) is 1. The highest BCUT2D eigenvalue weighted by molar-refractivity contribution is 5.14. The zero-order valence-electron chi connectivity index (χ0n) is 16.3. The minimum atomic E-state index is 0.497. The molecule has 0 bridgehead atoms. The van der Waals surface area contributed by atoms with Crippen LogP contribution in [0.3, 0.4) is 0 Å². The van der Waals surface area contributed by atoms with Crippen LogP contribution in [0.5, 0.6) is 0 Å². The topological polar surface area (TPSA) is 63.8 Å². The van der Waals surface area contributed by atoms with Gasteiger partial charge in [0.05, 0.1) is 0 Å². The fourth-order valence-electron chi connectivity index (χ4n) is 4.02. The first-order valence-electron chi connectivity index (χ1n) is 9.60. The highest BCUT2D eigenvalue weighted by atomic mass is 16.4. The van der Waals surface area contributed by atoms with Crippen LogP contribution in [0.15, 0.2) is 40.6 Å². The van der Waals surface area contributed by atoms with Crippen molar-refractivity contribution < 1.29 is 4.42 Å². The maximum atomic E-state index is 5.60. The third-order valence-electron chi connectivity index (χ3n) is 5.50. The molecule has 0 fully saturated rings. The van der Waals surface area contributed by atoms with E-state index in [2.05, 4.69) is 53.4 Å². The van der Waals surface area contributed by atoms with Gasteiger partial charge < -0.3 is 9.73 Å². The number of nitrogens with zero attached hydrogens (tertiary/aromatic N) is 3. The molecule has 2 aromatic rings. The molecule has 0 radical (unpaired) electrons. The summed E-state index contributed by atoms with van der Waals surface area (Å²) in [4.78, 5) is 4.19. The second kappa shape index (κ2) is 8.58. The van der Waals surface area contributed by atoms with Gasteiger partial charge in [0.2, 0.25) is 11.8 Å². The van der Waals surface area contributed by atoms with Crippen molar-refractivity contribution in [2.45, 2.75) is 47.1 Å². The van der Waals surface area contributed by atoms with E-state index in [1.165, 1.54) is 17.6 Å². The maximum Gasteiger partial charge on any atom is 0.217 e. The average Bonchev–Trinajstić information content (AvgIpc) is 3.02. The van der Waals surface area contributed by atoms with Gasteiger partial charge in [0.15, 0.2) is 0 Å². The van der Waals surface area contributed by atoms with Crippen LogP contribution in [0.2, 0.25) is 0 Å². The molecule has 0 amide bonds. The molecule has 1 N–H and O–H groups in total. The highest BCUT2D eigenvalue weighted by Gasteiger charge is 2.32. The fourth-order valence-corrected chi connectivity index (χ4v) is 4.02. The van der Waals surface area contributed by atoms with E-state index in [0.717, 1.165) is 25.4 Å². The zero-order chi connectivity index (χ0) is 18.5. The molecule has 1 aliphatic carbocycles. The number of hydrogen-bond donors (Lipinski definition) is 1. The Hall–Kier alpha value is -2.01. The molecule has 0 aliphatic heterocycles. The molecule has 5 nitrogen and oxygen atoms in total. The number of allylic oxidation sites excluding steroid dienone is 1. The Balaban J connectivity index is 1.63. The third-order valence-corrected chi connectivity index (χ3v) is 5.50. The third kappa shape index (κ3) is 4.79. The molecule has 0 saturated carbocycles. The first kappa shape index (κ1) is 18.8. The lowest BCUT2D eigenvalue weighted by Crippen LogP contribution is -2.34. The van der Waals surface area contributed by atoms with E-state index in [4.69, 9.17) is 4.42 Å². The van der Waals surface area contributed by atoms with Crippen LogP contribution in [0, 0.1) is 30.6 Å². The molecular weight excluding hydrogens is 324 g/mol. The number of aromatic nitrogens is 3. The van der Waals surface area contributed by atoms with Crippen LogP contribution in [0.1, 0.15) is 44.5 Å². The monoisotopic (exact) mass is 354 g/mol. The van der Waals surface area contributed by atoms with Crippen LogP contribution in [0.4, 0.5) is 0 Å². The van der Waals surface area contributed by atoms with Crippen LogP contribution >= 0.6 is 0 Å². The van der Waals surface area contributed by atoms with E-state index >= 15 is 0 Å². The molecule has 140 valence electrons. The van der Waals surface area contributed by atoms with Gasteiger partial charge in [0.25, 0.3) is 0 Å². The van der Waals surface area contributed by atoms with Crippen LogP contribution in [0.25, 0.3) is 0 Å². The van der Waals surface area contributed by atoms with Gasteiger partial charge in [0.1, 0.15) is 0 Å². The standard InChI is InChI=1S/C21H30N4O/c1-14(2)20-9-18(10-21-25-24-16(4)26-21)15(3)8-19(20)13-23-12-17-6-5-7-22-11-17/h5-8,11,14,18-20,23H,9-10,12-13H2,1-4H3/t18-,19+,20+/m1/s1. The SMILES string of the molecule is CC1=C[C@@H](CNCc2cccnc2)[C@H](C(C)C)C[C@@H]1Cc1nnc(C)o1. The lowest BCUT2D eigenvalue weighted by atomic mass is 9.70. The highest BCUT2D eigenvalue weighted by Crippen LogP contribution is 2.38. The molecule has 1 aliphatic rings.